The Morgan fingerprint density at radius 3 is 2.31 bits per heavy atom. The fraction of sp³-hybridized carbons (Fsp3) is 0.269. The van der Waals surface area contributed by atoms with Crippen LogP contribution in [0.4, 0.5) is 11.4 Å². The average Bonchev–Trinajstić information content (AvgIpc) is 3.21. The Labute approximate surface area is 208 Å². The molecule has 0 amide bonds. The molecule has 5 rings (SSSR count). The number of aryl methyl sites for hydroxylation is 1. The van der Waals surface area contributed by atoms with Gasteiger partial charge in [-0.05, 0) is 23.3 Å². The lowest BCUT2D eigenvalue weighted by molar-refractivity contribution is 0.324. The zero-order valence-electron chi connectivity index (χ0n) is 20.7. The summed E-state index contributed by atoms with van der Waals surface area (Å²) in [5.41, 5.74) is 5.31. The van der Waals surface area contributed by atoms with Gasteiger partial charge in [-0.3, -0.25) is 4.79 Å². The van der Waals surface area contributed by atoms with Gasteiger partial charge in [-0.25, -0.2) is 8.42 Å². The molecule has 2 aromatic heterocycles. The minimum atomic E-state index is -3.24. The van der Waals surface area contributed by atoms with E-state index in [0.717, 1.165) is 33.5 Å². The normalized spacial score (nSPS) is 12.9. The summed E-state index contributed by atoms with van der Waals surface area (Å²) in [7, 11) is 3.15. The van der Waals surface area contributed by atoms with Crippen molar-refractivity contribution in [3.8, 4) is 28.4 Å². The summed E-state index contributed by atoms with van der Waals surface area (Å²) in [6, 6.07) is 9.38. The van der Waals surface area contributed by atoms with Crippen molar-refractivity contribution in [3.63, 3.8) is 0 Å². The van der Waals surface area contributed by atoms with Crippen LogP contribution in [0, 0.1) is 0 Å². The van der Waals surface area contributed by atoms with E-state index < -0.39 is 9.84 Å². The van der Waals surface area contributed by atoms with E-state index in [0.29, 0.717) is 34.9 Å². The molecule has 10 heteroatoms. The van der Waals surface area contributed by atoms with Gasteiger partial charge in [0.25, 0.3) is 5.56 Å². The second kappa shape index (κ2) is 8.63. The maximum absolute atomic E-state index is 12.9. The number of H-pyrrole nitrogens is 1. The SMILES string of the molecule is COc1cc(N2Cc3c[nH]c4c(=O)n(C)cc(c34)-c3cc(CS(C)(=O)=O)ccc32)cc(OC)c1OC. The Hall–Kier alpha value is -3.92. The first-order valence-electron chi connectivity index (χ1n) is 11.2. The molecule has 0 unspecified atom stereocenters. The third-order valence-corrected chi connectivity index (χ3v) is 7.31. The van der Waals surface area contributed by atoms with Crippen LogP contribution in [0.25, 0.3) is 22.0 Å². The number of hydrogen-bond acceptors (Lipinski definition) is 7. The summed E-state index contributed by atoms with van der Waals surface area (Å²) in [6.07, 6.45) is 4.88. The molecular weight excluding hydrogens is 482 g/mol. The average molecular weight is 510 g/mol. The number of benzene rings is 2. The fourth-order valence-corrected chi connectivity index (χ4v) is 5.68. The smallest absolute Gasteiger partial charge is 0.274 e. The van der Waals surface area contributed by atoms with Crippen molar-refractivity contribution in [2.24, 2.45) is 7.05 Å². The molecule has 3 heterocycles. The predicted molar refractivity (Wildman–Crippen MR) is 139 cm³/mol. The Morgan fingerprint density at radius 1 is 1.00 bits per heavy atom. The van der Waals surface area contributed by atoms with Crippen LogP contribution >= 0.6 is 0 Å². The van der Waals surface area contributed by atoms with Gasteiger partial charge < -0.3 is 28.7 Å². The van der Waals surface area contributed by atoms with Crippen LogP contribution in [0.1, 0.15) is 11.1 Å². The third-order valence-electron chi connectivity index (χ3n) is 6.45. The number of aromatic nitrogens is 2. The van der Waals surface area contributed by atoms with Gasteiger partial charge in [-0.1, -0.05) is 6.07 Å². The number of sulfone groups is 1. The molecule has 0 spiro atoms. The van der Waals surface area contributed by atoms with Gasteiger partial charge in [0.15, 0.2) is 21.3 Å². The van der Waals surface area contributed by atoms with E-state index >= 15 is 0 Å². The number of fused-ring (bicyclic) bond motifs is 2. The first kappa shape index (κ1) is 23.8. The number of hydrogen-bond donors (Lipinski definition) is 1. The largest absolute Gasteiger partial charge is 0.493 e. The molecule has 2 aromatic carbocycles. The predicted octanol–water partition coefficient (Wildman–Crippen LogP) is 3.76. The number of ether oxygens (including phenoxy) is 3. The van der Waals surface area contributed by atoms with E-state index in [1.807, 2.05) is 42.7 Å². The molecule has 0 aliphatic carbocycles. The van der Waals surface area contributed by atoms with Gasteiger partial charge in [0.1, 0.15) is 5.52 Å². The van der Waals surface area contributed by atoms with Gasteiger partial charge in [0.05, 0.1) is 33.6 Å². The molecule has 4 aromatic rings. The molecule has 0 atom stereocenters. The highest BCUT2D eigenvalue weighted by Gasteiger charge is 2.27. The summed E-state index contributed by atoms with van der Waals surface area (Å²) in [4.78, 5) is 18.1. The van der Waals surface area contributed by atoms with Crippen LogP contribution in [0.3, 0.4) is 0 Å². The highest BCUT2D eigenvalue weighted by molar-refractivity contribution is 7.89. The molecular formula is C26H27N3O6S. The number of nitrogens with one attached hydrogen (secondary N) is 1. The lowest BCUT2D eigenvalue weighted by atomic mass is 9.99. The molecule has 0 saturated carbocycles. The summed E-state index contributed by atoms with van der Waals surface area (Å²) >= 11 is 0. The van der Waals surface area contributed by atoms with Crippen LogP contribution in [0.15, 0.2) is 47.5 Å². The van der Waals surface area contributed by atoms with Crippen LogP contribution in [0.5, 0.6) is 17.2 Å². The van der Waals surface area contributed by atoms with Crippen molar-refractivity contribution >= 4 is 32.1 Å². The molecule has 0 bridgehead atoms. The number of aromatic amines is 1. The number of rotatable bonds is 6. The summed E-state index contributed by atoms with van der Waals surface area (Å²) in [5, 5.41) is 0.825. The number of anilines is 2. The minimum absolute atomic E-state index is 0.0840. The molecule has 36 heavy (non-hydrogen) atoms. The summed E-state index contributed by atoms with van der Waals surface area (Å²) in [5.74, 6) is 1.42. The van der Waals surface area contributed by atoms with Crippen LogP contribution in [0.2, 0.25) is 0 Å². The zero-order valence-corrected chi connectivity index (χ0v) is 21.5. The molecule has 9 nitrogen and oxygen atoms in total. The van der Waals surface area contributed by atoms with E-state index in [9.17, 15) is 13.2 Å². The standard InChI is InChI=1S/C26H27N3O6S/c1-28-13-19-18-8-15(14-36(5,31)32)6-7-20(18)29(12-16-11-27-24(23(16)19)26(28)30)17-9-21(33-2)25(35-4)22(10-17)34-3/h6-11,13,27H,12,14H2,1-5H3. The Bertz CT molecular complexity index is 1640. The first-order valence-corrected chi connectivity index (χ1v) is 13.3. The van der Waals surface area contributed by atoms with E-state index in [1.165, 1.54) is 6.26 Å². The maximum Gasteiger partial charge on any atom is 0.274 e. The molecule has 0 saturated heterocycles. The molecule has 1 aliphatic heterocycles. The number of nitrogens with zero attached hydrogens (tertiary/aromatic N) is 2. The second-order valence-corrected chi connectivity index (χ2v) is 11.1. The number of methoxy groups -OCH3 is 3. The van der Waals surface area contributed by atoms with Crippen molar-refractivity contribution < 1.29 is 22.6 Å². The highest BCUT2D eigenvalue weighted by Crippen LogP contribution is 2.47. The van der Waals surface area contributed by atoms with Crippen LogP contribution in [-0.4, -0.2) is 45.6 Å². The second-order valence-electron chi connectivity index (χ2n) is 8.91. The monoisotopic (exact) mass is 509 g/mol. The molecule has 188 valence electrons. The van der Waals surface area contributed by atoms with Gasteiger partial charge >= 0.3 is 0 Å². The van der Waals surface area contributed by atoms with Crippen molar-refractivity contribution in [3.05, 3.63) is 64.2 Å². The van der Waals surface area contributed by atoms with Crippen LogP contribution in [-0.2, 0) is 29.2 Å². The third kappa shape index (κ3) is 3.87. The Kier molecular flexibility index (Phi) is 5.71. The summed E-state index contributed by atoms with van der Waals surface area (Å²) < 4.78 is 42.4. The van der Waals surface area contributed by atoms with Crippen molar-refractivity contribution in [1.82, 2.24) is 9.55 Å². The lowest BCUT2D eigenvalue weighted by Gasteiger charge is -2.27. The van der Waals surface area contributed by atoms with Gasteiger partial charge in [-0.15, -0.1) is 0 Å². The number of pyridine rings is 1. The van der Waals surface area contributed by atoms with Crippen molar-refractivity contribution in [2.45, 2.75) is 12.3 Å². The molecule has 1 N–H and O–H groups in total. The molecule has 0 fully saturated rings. The van der Waals surface area contributed by atoms with E-state index in [2.05, 4.69) is 9.88 Å². The molecule has 1 aliphatic rings. The topological polar surface area (TPSA) is 103 Å². The quantitative estimate of drug-likeness (QED) is 0.422. The fourth-order valence-electron chi connectivity index (χ4n) is 4.90. The Balaban J connectivity index is 1.82. The van der Waals surface area contributed by atoms with Crippen molar-refractivity contribution in [1.29, 1.82) is 0 Å². The first-order chi connectivity index (χ1) is 17.1. The Morgan fingerprint density at radius 2 is 1.69 bits per heavy atom. The van der Waals surface area contributed by atoms with E-state index in [1.54, 1.807) is 32.9 Å². The van der Waals surface area contributed by atoms with Crippen LogP contribution < -0.4 is 24.7 Å². The van der Waals surface area contributed by atoms with Crippen molar-refractivity contribution in [2.75, 3.05) is 32.5 Å². The molecule has 0 radical (unpaired) electrons. The zero-order chi connectivity index (χ0) is 25.8. The van der Waals surface area contributed by atoms with Gasteiger partial charge in [0, 0.05) is 65.7 Å². The van der Waals surface area contributed by atoms with E-state index in [4.69, 9.17) is 14.2 Å². The maximum atomic E-state index is 12.9. The van der Waals surface area contributed by atoms with Gasteiger partial charge in [0.2, 0.25) is 5.75 Å². The minimum Gasteiger partial charge on any atom is -0.493 e. The highest BCUT2D eigenvalue weighted by atomic mass is 32.2. The van der Waals surface area contributed by atoms with Gasteiger partial charge in [-0.2, -0.15) is 0 Å². The lowest BCUT2D eigenvalue weighted by Crippen LogP contribution is -2.17. The van der Waals surface area contributed by atoms with E-state index in [-0.39, 0.29) is 11.3 Å². The summed E-state index contributed by atoms with van der Waals surface area (Å²) in [6.45, 7) is 0.456.